The topological polar surface area (TPSA) is 9.23 Å². The van der Waals surface area contributed by atoms with E-state index < -0.39 is 25.9 Å². The van der Waals surface area contributed by atoms with Crippen molar-refractivity contribution in [2.24, 2.45) is 5.41 Å². The van der Waals surface area contributed by atoms with Crippen LogP contribution in [0.1, 0.15) is 46.6 Å². The molecule has 1 aromatic carbocycles. The van der Waals surface area contributed by atoms with Crippen molar-refractivity contribution in [3.05, 3.63) is 45.4 Å². The second-order valence-electron chi connectivity index (χ2n) is 9.46. The van der Waals surface area contributed by atoms with Gasteiger partial charge in [0.2, 0.25) is 0 Å². The molecule has 25 heavy (non-hydrogen) atoms. The Morgan fingerprint density at radius 3 is 2.24 bits per heavy atom. The second kappa shape index (κ2) is 7.50. The van der Waals surface area contributed by atoms with E-state index in [0.29, 0.717) is 0 Å². The summed E-state index contributed by atoms with van der Waals surface area (Å²) in [5.41, 5.74) is 3.01. The van der Waals surface area contributed by atoms with E-state index in [9.17, 15) is 0 Å². The maximum atomic E-state index is 6.76. The normalized spacial score (nSPS) is 14.9. The van der Waals surface area contributed by atoms with Crippen molar-refractivity contribution in [3.8, 4) is 5.75 Å². The third-order valence-electron chi connectivity index (χ3n) is 4.60. The van der Waals surface area contributed by atoms with E-state index in [2.05, 4.69) is 91.5 Å². The molecular weight excluding hydrogens is 356 g/mol. The van der Waals surface area contributed by atoms with Crippen molar-refractivity contribution in [3.63, 3.8) is 0 Å². The number of aryl methyl sites for hydroxylation is 1. The molecule has 2 rings (SSSR count). The first-order chi connectivity index (χ1) is 11.4. The molecule has 1 nitrogen and oxygen atoms in total. The molecule has 0 radical (unpaired) electrons. The number of hydrogen-bond donors (Lipinski definition) is 0. The van der Waals surface area contributed by atoms with Crippen LogP contribution >= 0.6 is 0 Å². The average Bonchev–Trinajstić information content (AvgIpc) is 2.92. The zero-order valence-electron chi connectivity index (χ0n) is 17.5. The summed E-state index contributed by atoms with van der Waals surface area (Å²) < 4.78 is 9.83. The molecule has 0 saturated carbocycles. The van der Waals surface area contributed by atoms with Crippen molar-refractivity contribution in [1.82, 2.24) is 0 Å². The first-order valence-electron chi connectivity index (χ1n) is 9.27. The quantitative estimate of drug-likeness (QED) is 0.580. The SMILES string of the molecule is C[C](C)=[Ti]([O]c1cc(C)cc([Si](C)(C)C)c1)[C]1=C(C(C)(C)C)C=CC1. The van der Waals surface area contributed by atoms with Crippen LogP contribution in [-0.4, -0.2) is 11.9 Å². The predicted molar refractivity (Wildman–Crippen MR) is 111 cm³/mol. The van der Waals surface area contributed by atoms with Crippen LogP contribution in [0.4, 0.5) is 0 Å². The number of allylic oxidation sites excluding steroid dienone is 4. The zero-order valence-corrected chi connectivity index (χ0v) is 20.1. The molecule has 136 valence electrons. The molecule has 0 spiro atoms. The van der Waals surface area contributed by atoms with Gasteiger partial charge in [-0.05, 0) is 0 Å². The molecule has 0 saturated heterocycles. The second-order valence-corrected chi connectivity index (χ2v) is 18.4. The summed E-state index contributed by atoms with van der Waals surface area (Å²) in [6.07, 6.45) is 5.72. The summed E-state index contributed by atoms with van der Waals surface area (Å²) in [4.78, 5) is 0. The Hall–Kier alpha value is -0.699. The Bertz CT molecular complexity index is 751. The van der Waals surface area contributed by atoms with Gasteiger partial charge in [0, 0.05) is 0 Å². The molecule has 0 unspecified atom stereocenters. The molecule has 0 atom stereocenters. The fraction of sp³-hybridized carbons (Fsp3) is 0.500. The van der Waals surface area contributed by atoms with E-state index in [-0.39, 0.29) is 5.41 Å². The van der Waals surface area contributed by atoms with Crippen LogP contribution in [0.25, 0.3) is 0 Å². The predicted octanol–water partition coefficient (Wildman–Crippen LogP) is 5.92. The Morgan fingerprint density at radius 1 is 1.08 bits per heavy atom. The third kappa shape index (κ3) is 5.15. The zero-order chi connectivity index (χ0) is 19.0. The van der Waals surface area contributed by atoms with Crippen molar-refractivity contribution in [2.75, 3.05) is 0 Å². The molecule has 0 heterocycles. The number of rotatable bonds is 4. The van der Waals surface area contributed by atoms with Crippen LogP contribution in [0, 0.1) is 12.3 Å². The molecule has 1 aliphatic carbocycles. The molecule has 0 aliphatic heterocycles. The van der Waals surface area contributed by atoms with Crippen LogP contribution < -0.4 is 8.51 Å². The molecule has 3 heteroatoms. The Balaban J connectivity index is 2.47. The van der Waals surface area contributed by atoms with Crippen molar-refractivity contribution < 1.29 is 21.1 Å². The Morgan fingerprint density at radius 2 is 1.72 bits per heavy atom. The van der Waals surface area contributed by atoms with Gasteiger partial charge in [0.25, 0.3) is 0 Å². The molecule has 1 aromatic rings. The monoisotopic (exact) mass is 390 g/mol. The van der Waals surface area contributed by atoms with E-state index >= 15 is 0 Å². The first-order valence-corrected chi connectivity index (χ1v) is 15.0. The Kier molecular flexibility index (Phi) is 6.19. The third-order valence-corrected chi connectivity index (χ3v) is 10.3. The van der Waals surface area contributed by atoms with Gasteiger partial charge in [-0.25, -0.2) is 0 Å². The van der Waals surface area contributed by atoms with Gasteiger partial charge in [-0.15, -0.1) is 0 Å². The van der Waals surface area contributed by atoms with Crippen molar-refractivity contribution >= 4 is 17.1 Å². The molecule has 0 bridgehead atoms. The minimum atomic E-state index is -1.92. The summed E-state index contributed by atoms with van der Waals surface area (Å²) in [5.74, 6) is 1.08. The van der Waals surface area contributed by atoms with Gasteiger partial charge in [-0.3, -0.25) is 0 Å². The van der Waals surface area contributed by atoms with Gasteiger partial charge >= 0.3 is 162 Å². The number of hydrogen-bond acceptors (Lipinski definition) is 1. The van der Waals surface area contributed by atoms with E-state index in [1.165, 1.54) is 20.1 Å². The van der Waals surface area contributed by atoms with Crippen LogP contribution in [0.3, 0.4) is 0 Å². The summed E-state index contributed by atoms with van der Waals surface area (Å²) >= 11 is -1.92. The van der Waals surface area contributed by atoms with Gasteiger partial charge in [0.05, 0.1) is 0 Å². The van der Waals surface area contributed by atoms with Crippen molar-refractivity contribution in [2.45, 2.75) is 67.6 Å². The fourth-order valence-corrected chi connectivity index (χ4v) is 8.06. The molecule has 1 aliphatic rings. The molecular formula is C22H34OSiTi. The molecule has 0 amide bonds. The van der Waals surface area contributed by atoms with E-state index in [1.807, 2.05) is 0 Å². The fourth-order valence-electron chi connectivity index (χ4n) is 3.25. The summed E-state index contributed by atoms with van der Waals surface area (Å²) in [6.45, 7) is 20.9. The number of benzene rings is 1. The summed E-state index contributed by atoms with van der Waals surface area (Å²) in [5, 5.41) is 1.49. The summed E-state index contributed by atoms with van der Waals surface area (Å²) in [7, 11) is -1.34. The van der Waals surface area contributed by atoms with Gasteiger partial charge in [-0.1, -0.05) is 0 Å². The van der Waals surface area contributed by atoms with Gasteiger partial charge in [0.1, 0.15) is 0 Å². The summed E-state index contributed by atoms with van der Waals surface area (Å²) in [6, 6.07) is 6.88. The van der Waals surface area contributed by atoms with Crippen LogP contribution in [-0.2, 0) is 17.8 Å². The first kappa shape index (κ1) is 20.6. The van der Waals surface area contributed by atoms with Crippen LogP contribution in [0.5, 0.6) is 5.75 Å². The molecule has 0 aromatic heterocycles. The van der Waals surface area contributed by atoms with Crippen molar-refractivity contribution in [1.29, 1.82) is 0 Å². The minimum absolute atomic E-state index is 0.190. The average molecular weight is 390 g/mol. The van der Waals surface area contributed by atoms with E-state index in [0.717, 1.165) is 12.2 Å². The molecule has 0 fully saturated rings. The Labute approximate surface area is 162 Å². The van der Waals surface area contributed by atoms with Gasteiger partial charge < -0.3 is 0 Å². The van der Waals surface area contributed by atoms with Gasteiger partial charge in [0.15, 0.2) is 0 Å². The molecule has 0 N–H and O–H groups in total. The van der Waals surface area contributed by atoms with Crippen LogP contribution in [0.15, 0.2) is 39.8 Å². The van der Waals surface area contributed by atoms with E-state index in [1.54, 1.807) is 3.88 Å². The maximum absolute atomic E-state index is 6.76. The van der Waals surface area contributed by atoms with Gasteiger partial charge in [-0.2, -0.15) is 0 Å². The van der Waals surface area contributed by atoms with E-state index in [4.69, 9.17) is 3.32 Å². The standard InChI is InChI=1S/C10H16OSi.C9H13.C3H6.Ti/c1-8-5-9(11)7-10(6-8)12(2,3)4;1-9(2,3)8-6-4-5-7-8;1-3-2;/h5-7,11H,1-4H3;4,6H,5H2,1-3H3;1-2H3;/q;;;+1/p-1. The van der Waals surface area contributed by atoms with Crippen LogP contribution in [0.2, 0.25) is 19.6 Å².